The summed E-state index contributed by atoms with van der Waals surface area (Å²) in [5.41, 5.74) is 3.97. The Labute approximate surface area is 146 Å². The van der Waals surface area contributed by atoms with Gasteiger partial charge in [0.15, 0.2) is 0 Å². The molecule has 128 valence electrons. The summed E-state index contributed by atoms with van der Waals surface area (Å²) in [7, 11) is 1.45. The molecule has 5 heteroatoms. The van der Waals surface area contributed by atoms with E-state index in [-0.39, 0.29) is 23.3 Å². The molecule has 25 heavy (non-hydrogen) atoms. The molecule has 0 bridgehead atoms. The highest BCUT2D eigenvalue weighted by molar-refractivity contribution is 6.22. The number of carbonyl (C=O) groups is 3. The highest BCUT2D eigenvalue weighted by Crippen LogP contribution is 2.26. The van der Waals surface area contributed by atoms with Gasteiger partial charge in [0.1, 0.15) is 0 Å². The number of hydrogen-bond donors (Lipinski definition) is 0. The van der Waals surface area contributed by atoms with Gasteiger partial charge < -0.3 is 4.90 Å². The maximum absolute atomic E-state index is 13.0. The molecule has 0 fully saturated rings. The second-order valence-electron chi connectivity index (χ2n) is 6.27. The van der Waals surface area contributed by atoms with Crippen molar-refractivity contribution in [2.45, 2.75) is 20.8 Å². The summed E-state index contributed by atoms with van der Waals surface area (Å²) >= 11 is 0. The molecule has 0 unspecified atom stereocenters. The van der Waals surface area contributed by atoms with E-state index in [1.807, 2.05) is 39.0 Å². The molecule has 3 rings (SSSR count). The number of imide groups is 1. The van der Waals surface area contributed by atoms with Crippen molar-refractivity contribution in [3.8, 4) is 0 Å². The molecule has 1 heterocycles. The maximum atomic E-state index is 13.0. The van der Waals surface area contributed by atoms with E-state index in [4.69, 9.17) is 0 Å². The van der Waals surface area contributed by atoms with Crippen molar-refractivity contribution in [2.75, 3.05) is 18.5 Å². The molecule has 0 saturated heterocycles. The first kappa shape index (κ1) is 16.9. The van der Waals surface area contributed by atoms with Crippen molar-refractivity contribution < 1.29 is 14.4 Å². The number of rotatable bonds is 3. The Balaban J connectivity index is 2.02. The molecular weight excluding hydrogens is 316 g/mol. The van der Waals surface area contributed by atoms with Crippen LogP contribution in [0.15, 0.2) is 36.4 Å². The molecule has 5 nitrogen and oxygen atoms in total. The summed E-state index contributed by atoms with van der Waals surface area (Å²) in [5, 5.41) is 0. The van der Waals surface area contributed by atoms with Gasteiger partial charge >= 0.3 is 0 Å². The van der Waals surface area contributed by atoms with E-state index in [1.165, 1.54) is 13.1 Å². The first-order chi connectivity index (χ1) is 11.8. The third-order valence-electron chi connectivity index (χ3n) is 4.55. The van der Waals surface area contributed by atoms with Crippen LogP contribution in [0.5, 0.6) is 0 Å². The fourth-order valence-electron chi connectivity index (χ4n) is 3.08. The molecule has 0 atom stereocenters. The number of anilines is 1. The standard InChI is InChI=1S/C20H20N2O3/c1-5-22(17-10-12(2)6-7-13(17)3)18(23)14-8-9-15-16(11-14)20(25)21(4)19(15)24/h6-11H,5H2,1-4H3. The van der Waals surface area contributed by atoms with Crippen molar-refractivity contribution >= 4 is 23.4 Å². The second kappa shape index (κ2) is 6.16. The van der Waals surface area contributed by atoms with E-state index < -0.39 is 0 Å². The first-order valence-corrected chi connectivity index (χ1v) is 8.20. The van der Waals surface area contributed by atoms with E-state index in [9.17, 15) is 14.4 Å². The normalized spacial score (nSPS) is 13.2. The van der Waals surface area contributed by atoms with E-state index in [2.05, 4.69) is 0 Å². The van der Waals surface area contributed by atoms with Crippen LogP contribution in [0.4, 0.5) is 5.69 Å². The van der Waals surface area contributed by atoms with Crippen LogP contribution in [-0.2, 0) is 0 Å². The molecule has 0 spiro atoms. The highest BCUT2D eigenvalue weighted by atomic mass is 16.2. The summed E-state index contributed by atoms with van der Waals surface area (Å²) in [6.07, 6.45) is 0. The Bertz CT molecular complexity index is 902. The average molecular weight is 336 g/mol. The first-order valence-electron chi connectivity index (χ1n) is 8.20. The van der Waals surface area contributed by atoms with Gasteiger partial charge in [-0.1, -0.05) is 12.1 Å². The summed E-state index contributed by atoms with van der Waals surface area (Å²) in [6.45, 7) is 6.36. The Kier molecular flexibility index (Phi) is 4.17. The van der Waals surface area contributed by atoms with Crippen LogP contribution in [0.3, 0.4) is 0 Å². The van der Waals surface area contributed by atoms with Crippen LogP contribution in [0.25, 0.3) is 0 Å². The minimum absolute atomic E-state index is 0.186. The van der Waals surface area contributed by atoms with Gasteiger partial charge in [0.05, 0.1) is 11.1 Å². The quantitative estimate of drug-likeness (QED) is 0.809. The van der Waals surface area contributed by atoms with Crippen molar-refractivity contribution in [1.82, 2.24) is 4.90 Å². The Morgan fingerprint density at radius 3 is 2.36 bits per heavy atom. The van der Waals surface area contributed by atoms with Gasteiger partial charge in [-0.05, 0) is 56.2 Å². The largest absolute Gasteiger partial charge is 0.308 e. The van der Waals surface area contributed by atoms with Crippen molar-refractivity contribution in [1.29, 1.82) is 0 Å². The molecule has 0 saturated carbocycles. The van der Waals surface area contributed by atoms with Gasteiger partial charge in [-0.25, -0.2) is 0 Å². The number of nitrogens with zero attached hydrogens (tertiary/aromatic N) is 2. The van der Waals surface area contributed by atoms with Crippen molar-refractivity contribution in [3.63, 3.8) is 0 Å². The van der Waals surface area contributed by atoms with E-state index in [1.54, 1.807) is 17.0 Å². The molecule has 2 aromatic carbocycles. The smallest absolute Gasteiger partial charge is 0.261 e. The number of fused-ring (bicyclic) bond motifs is 1. The monoisotopic (exact) mass is 336 g/mol. The van der Waals surface area contributed by atoms with Gasteiger partial charge in [0.2, 0.25) is 0 Å². The highest BCUT2D eigenvalue weighted by Gasteiger charge is 2.33. The SMILES string of the molecule is CCN(C(=O)c1ccc2c(c1)C(=O)N(C)C2=O)c1cc(C)ccc1C. The topological polar surface area (TPSA) is 57.7 Å². The maximum Gasteiger partial charge on any atom is 0.261 e. The lowest BCUT2D eigenvalue weighted by atomic mass is 10.0. The lowest BCUT2D eigenvalue weighted by Gasteiger charge is -2.23. The Hall–Kier alpha value is -2.95. The van der Waals surface area contributed by atoms with Crippen molar-refractivity contribution in [2.24, 2.45) is 0 Å². The van der Waals surface area contributed by atoms with Gasteiger partial charge in [-0.3, -0.25) is 19.3 Å². The van der Waals surface area contributed by atoms with Crippen LogP contribution in [0.2, 0.25) is 0 Å². The third kappa shape index (κ3) is 2.71. The molecule has 1 aliphatic heterocycles. The number of aryl methyl sites for hydroxylation is 2. The van der Waals surface area contributed by atoms with Crippen molar-refractivity contribution in [3.05, 3.63) is 64.2 Å². The van der Waals surface area contributed by atoms with Crippen LogP contribution in [0.1, 0.15) is 49.1 Å². The van der Waals surface area contributed by atoms with Crippen LogP contribution < -0.4 is 4.90 Å². The molecule has 3 amide bonds. The lowest BCUT2D eigenvalue weighted by molar-refractivity contribution is 0.0693. The number of benzene rings is 2. The summed E-state index contributed by atoms with van der Waals surface area (Å²) in [4.78, 5) is 39.9. The van der Waals surface area contributed by atoms with E-state index in [0.29, 0.717) is 17.7 Å². The zero-order valence-corrected chi connectivity index (χ0v) is 14.8. The predicted molar refractivity (Wildman–Crippen MR) is 96.1 cm³/mol. The fraction of sp³-hybridized carbons (Fsp3) is 0.250. The summed E-state index contributed by atoms with van der Waals surface area (Å²) in [5.74, 6) is -0.890. The van der Waals surface area contributed by atoms with Crippen LogP contribution in [0, 0.1) is 13.8 Å². The molecule has 0 radical (unpaired) electrons. The third-order valence-corrected chi connectivity index (χ3v) is 4.55. The Morgan fingerprint density at radius 1 is 1.00 bits per heavy atom. The minimum atomic E-state index is -0.371. The number of hydrogen-bond acceptors (Lipinski definition) is 3. The number of carbonyl (C=O) groups excluding carboxylic acids is 3. The Morgan fingerprint density at radius 2 is 1.68 bits per heavy atom. The zero-order valence-electron chi connectivity index (χ0n) is 14.8. The molecule has 0 aromatic heterocycles. The van der Waals surface area contributed by atoms with E-state index >= 15 is 0 Å². The zero-order chi connectivity index (χ0) is 18.3. The second-order valence-corrected chi connectivity index (χ2v) is 6.27. The minimum Gasteiger partial charge on any atom is -0.308 e. The van der Waals surface area contributed by atoms with Gasteiger partial charge in [0, 0.05) is 24.8 Å². The predicted octanol–water partition coefficient (Wildman–Crippen LogP) is 3.20. The van der Waals surface area contributed by atoms with E-state index in [0.717, 1.165) is 21.7 Å². The fourth-order valence-corrected chi connectivity index (χ4v) is 3.08. The van der Waals surface area contributed by atoms with Gasteiger partial charge in [0.25, 0.3) is 17.7 Å². The molecule has 0 N–H and O–H groups in total. The van der Waals surface area contributed by atoms with Crippen LogP contribution in [-0.4, -0.2) is 36.2 Å². The average Bonchev–Trinajstić information content (AvgIpc) is 2.82. The molecule has 1 aliphatic rings. The number of amides is 3. The van der Waals surface area contributed by atoms with Crippen LogP contribution >= 0.6 is 0 Å². The summed E-state index contributed by atoms with van der Waals surface area (Å²) < 4.78 is 0. The van der Waals surface area contributed by atoms with Gasteiger partial charge in [-0.15, -0.1) is 0 Å². The molecular formula is C20H20N2O3. The molecule has 0 aliphatic carbocycles. The lowest BCUT2D eigenvalue weighted by Crippen LogP contribution is -2.31. The molecule has 2 aromatic rings. The summed E-state index contributed by atoms with van der Waals surface area (Å²) in [6, 6.07) is 10.7. The van der Waals surface area contributed by atoms with Gasteiger partial charge in [-0.2, -0.15) is 0 Å².